The highest BCUT2D eigenvalue weighted by Gasteiger charge is 2.30. The molecule has 1 aliphatic heterocycles. The number of benzene rings is 1. The second-order valence-corrected chi connectivity index (χ2v) is 7.41. The zero-order chi connectivity index (χ0) is 14.8. The topological polar surface area (TPSA) is 72.6 Å². The third kappa shape index (κ3) is 4.23. The molecule has 0 aliphatic carbocycles. The Morgan fingerprint density at radius 1 is 1.40 bits per heavy atom. The lowest BCUT2D eigenvalue weighted by atomic mass is 10.3. The smallest absolute Gasteiger partial charge is 0.213 e. The highest BCUT2D eigenvalue weighted by molar-refractivity contribution is 7.89. The molecule has 112 valence electrons. The summed E-state index contributed by atoms with van der Waals surface area (Å²) in [6.45, 7) is 2.22. The number of hydrogen-bond acceptors (Lipinski definition) is 4. The summed E-state index contributed by atoms with van der Waals surface area (Å²) < 4.78 is 28.0. The SMILES string of the molecule is NS(=O)(=O)C1CCN(CCOc2ccc(Cl)cc2Cl)C1. The molecule has 1 unspecified atom stereocenters. The molecular formula is C12H16Cl2N2O3S. The van der Waals surface area contributed by atoms with Gasteiger partial charge in [0.2, 0.25) is 10.0 Å². The molecular weight excluding hydrogens is 323 g/mol. The van der Waals surface area contributed by atoms with E-state index < -0.39 is 15.3 Å². The highest BCUT2D eigenvalue weighted by atomic mass is 35.5. The summed E-state index contributed by atoms with van der Waals surface area (Å²) in [6.07, 6.45) is 0.570. The van der Waals surface area contributed by atoms with Crippen LogP contribution in [-0.2, 0) is 10.0 Å². The van der Waals surface area contributed by atoms with Crippen LogP contribution in [0.5, 0.6) is 5.75 Å². The van der Waals surface area contributed by atoms with Gasteiger partial charge in [0.15, 0.2) is 0 Å². The van der Waals surface area contributed by atoms with Crippen molar-refractivity contribution in [3.05, 3.63) is 28.2 Å². The zero-order valence-electron chi connectivity index (χ0n) is 10.8. The molecule has 0 amide bonds. The fourth-order valence-electron chi connectivity index (χ4n) is 2.15. The zero-order valence-corrected chi connectivity index (χ0v) is 13.1. The van der Waals surface area contributed by atoms with Crippen LogP contribution in [0.1, 0.15) is 6.42 Å². The van der Waals surface area contributed by atoms with Crippen molar-refractivity contribution in [2.75, 3.05) is 26.2 Å². The van der Waals surface area contributed by atoms with Gasteiger partial charge in [-0.05, 0) is 31.2 Å². The number of ether oxygens (including phenoxy) is 1. The van der Waals surface area contributed by atoms with Crippen molar-refractivity contribution in [1.82, 2.24) is 4.90 Å². The van der Waals surface area contributed by atoms with E-state index in [0.29, 0.717) is 48.5 Å². The first kappa shape index (κ1) is 15.9. The van der Waals surface area contributed by atoms with Crippen molar-refractivity contribution in [2.45, 2.75) is 11.7 Å². The van der Waals surface area contributed by atoms with Crippen LogP contribution in [0.2, 0.25) is 10.0 Å². The van der Waals surface area contributed by atoms with Gasteiger partial charge in [0.05, 0.1) is 10.3 Å². The van der Waals surface area contributed by atoms with Gasteiger partial charge in [-0.15, -0.1) is 0 Å². The van der Waals surface area contributed by atoms with Crippen LogP contribution < -0.4 is 9.88 Å². The Morgan fingerprint density at radius 2 is 2.15 bits per heavy atom. The lowest BCUT2D eigenvalue weighted by Crippen LogP contribution is -2.33. The van der Waals surface area contributed by atoms with Crippen molar-refractivity contribution in [1.29, 1.82) is 0 Å². The van der Waals surface area contributed by atoms with E-state index >= 15 is 0 Å². The maximum Gasteiger partial charge on any atom is 0.213 e. The monoisotopic (exact) mass is 338 g/mol. The Labute approximate surface area is 128 Å². The number of nitrogens with zero attached hydrogens (tertiary/aromatic N) is 1. The summed E-state index contributed by atoms with van der Waals surface area (Å²) in [6, 6.07) is 5.03. The number of halogens is 2. The largest absolute Gasteiger partial charge is 0.491 e. The molecule has 1 atom stereocenters. The van der Waals surface area contributed by atoms with Gasteiger partial charge < -0.3 is 4.74 Å². The quantitative estimate of drug-likeness (QED) is 0.887. The van der Waals surface area contributed by atoms with Crippen LogP contribution in [0, 0.1) is 0 Å². The van der Waals surface area contributed by atoms with E-state index in [1.807, 2.05) is 4.90 Å². The highest BCUT2D eigenvalue weighted by Crippen LogP contribution is 2.27. The molecule has 1 aliphatic rings. The molecule has 1 aromatic carbocycles. The van der Waals surface area contributed by atoms with Crippen molar-refractivity contribution < 1.29 is 13.2 Å². The van der Waals surface area contributed by atoms with E-state index in [0.717, 1.165) is 0 Å². The van der Waals surface area contributed by atoms with Crippen LogP contribution in [-0.4, -0.2) is 44.8 Å². The first-order valence-electron chi connectivity index (χ1n) is 6.18. The summed E-state index contributed by atoms with van der Waals surface area (Å²) in [5, 5.41) is 5.68. The van der Waals surface area contributed by atoms with Gasteiger partial charge >= 0.3 is 0 Å². The molecule has 8 heteroatoms. The van der Waals surface area contributed by atoms with Gasteiger partial charge in [-0.25, -0.2) is 13.6 Å². The molecule has 0 bridgehead atoms. The van der Waals surface area contributed by atoms with Gasteiger partial charge in [-0.3, -0.25) is 4.90 Å². The molecule has 0 aromatic heterocycles. The van der Waals surface area contributed by atoms with Crippen molar-refractivity contribution >= 4 is 33.2 Å². The molecule has 1 heterocycles. The number of primary sulfonamides is 1. The Morgan fingerprint density at radius 3 is 2.75 bits per heavy atom. The van der Waals surface area contributed by atoms with Crippen molar-refractivity contribution in [3.8, 4) is 5.75 Å². The molecule has 0 saturated carbocycles. The normalized spacial score (nSPS) is 20.2. The van der Waals surface area contributed by atoms with E-state index in [-0.39, 0.29) is 0 Å². The number of sulfonamides is 1. The maximum absolute atomic E-state index is 11.2. The van der Waals surface area contributed by atoms with Crippen LogP contribution in [0.25, 0.3) is 0 Å². The van der Waals surface area contributed by atoms with Crippen molar-refractivity contribution in [2.24, 2.45) is 5.14 Å². The van der Waals surface area contributed by atoms with E-state index in [1.165, 1.54) is 0 Å². The van der Waals surface area contributed by atoms with Crippen molar-refractivity contribution in [3.63, 3.8) is 0 Å². The van der Waals surface area contributed by atoms with Gasteiger partial charge in [0.25, 0.3) is 0 Å². The van der Waals surface area contributed by atoms with Crippen LogP contribution in [0.3, 0.4) is 0 Å². The minimum Gasteiger partial charge on any atom is -0.491 e. The minimum absolute atomic E-state index is 0.429. The van der Waals surface area contributed by atoms with Crippen LogP contribution in [0.15, 0.2) is 18.2 Å². The number of rotatable bonds is 5. The second-order valence-electron chi connectivity index (χ2n) is 4.72. The van der Waals surface area contributed by atoms with Gasteiger partial charge in [0, 0.05) is 18.1 Å². The Balaban J connectivity index is 1.80. The first-order valence-corrected chi connectivity index (χ1v) is 8.54. The predicted molar refractivity (Wildman–Crippen MR) is 79.9 cm³/mol. The molecule has 5 nitrogen and oxygen atoms in total. The summed E-state index contributed by atoms with van der Waals surface area (Å²) in [4.78, 5) is 2.01. The Kier molecular flexibility index (Phi) is 5.14. The molecule has 0 spiro atoms. The molecule has 2 rings (SSSR count). The lowest BCUT2D eigenvalue weighted by Gasteiger charge is -2.16. The lowest BCUT2D eigenvalue weighted by molar-refractivity contribution is 0.238. The van der Waals surface area contributed by atoms with Crippen LogP contribution in [0.4, 0.5) is 0 Å². The summed E-state index contributed by atoms with van der Waals surface area (Å²) in [7, 11) is -3.44. The first-order chi connectivity index (χ1) is 9.36. The van der Waals surface area contributed by atoms with E-state index in [1.54, 1.807) is 18.2 Å². The summed E-state index contributed by atoms with van der Waals surface area (Å²) >= 11 is 11.8. The maximum atomic E-state index is 11.2. The summed E-state index contributed by atoms with van der Waals surface area (Å²) in [5.74, 6) is 0.568. The molecule has 20 heavy (non-hydrogen) atoms. The Hall–Kier alpha value is -0.530. The third-order valence-corrected chi connectivity index (χ3v) is 5.10. The minimum atomic E-state index is -3.44. The molecule has 1 fully saturated rings. The molecule has 1 aromatic rings. The van der Waals surface area contributed by atoms with Gasteiger partial charge in [-0.2, -0.15) is 0 Å². The third-order valence-electron chi connectivity index (χ3n) is 3.25. The standard InChI is InChI=1S/C12H16Cl2N2O3S/c13-9-1-2-12(11(14)7-9)19-6-5-16-4-3-10(8-16)20(15,17)18/h1-2,7,10H,3-6,8H2,(H2,15,17,18). The van der Waals surface area contributed by atoms with Gasteiger partial charge in [0.1, 0.15) is 12.4 Å². The number of nitrogens with two attached hydrogens (primary N) is 1. The number of likely N-dealkylation sites (tertiary alicyclic amines) is 1. The molecule has 2 N–H and O–H groups in total. The fraction of sp³-hybridized carbons (Fsp3) is 0.500. The molecule has 1 saturated heterocycles. The predicted octanol–water partition coefficient (Wildman–Crippen LogP) is 1.74. The number of hydrogen-bond donors (Lipinski definition) is 1. The van der Waals surface area contributed by atoms with E-state index in [4.69, 9.17) is 33.1 Å². The average molecular weight is 339 g/mol. The Bertz CT molecular complexity index is 580. The van der Waals surface area contributed by atoms with E-state index in [2.05, 4.69) is 0 Å². The molecule has 0 radical (unpaired) electrons. The summed E-state index contributed by atoms with van der Waals surface area (Å²) in [5.41, 5.74) is 0. The second kappa shape index (κ2) is 6.49. The van der Waals surface area contributed by atoms with Gasteiger partial charge in [-0.1, -0.05) is 23.2 Å². The van der Waals surface area contributed by atoms with Crippen LogP contribution >= 0.6 is 23.2 Å². The van der Waals surface area contributed by atoms with E-state index in [9.17, 15) is 8.42 Å². The fourth-order valence-corrected chi connectivity index (χ4v) is 3.46. The average Bonchev–Trinajstić information content (AvgIpc) is 2.80.